The van der Waals surface area contributed by atoms with Gasteiger partial charge in [0.1, 0.15) is 12.0 Å². The lowest BCUT2D eigenvalue weighted by Crippen LogP contribution is -2.25. The summed E-state index contributed by atoms with van der Waals surface area (Å²) in [6, 6.07) is 6.55. The molecule has 0 atom stereocenters. The highest BCUT2D eigenvalue weighted by molar-refractivity contribution is 6.30. The van der Waals surface area contributed by atoms with Crippen molar-refractivity contribution in [2.75, 3.05) is 13.2 Å². The van der Waals surface area contributed by atoms with Gasteiger partial charge in [0.2, 0.25) is 0 Å². The number of furan rings is 1. The third-order valence-electron chi connectivity index (χ3n) is 3.07. The zero-order chi connectivity index (χ0) is 16.8. The monoisotopic (exact) mass is 337 g/mol. The van der Waals surface area contributed by atoms with E-state index in [0.717, 1.165) is 17.6 Å². The highest BCUT2D eigenvalue weighted by atomic mass is 35.5. The van der Waals surface area contributed by atoms with E-state index in [9.17, 15) is 9.59 Å². The predicted molar refractivity (Wildman–Crippen MR) is 84.3 cm³/mol. The third kappa shape index (κ3) is 4.75. The fourth-order valence-corrected chi connectivity index (χ4v) is 2.11. The first-order valence-corrected chi connectivity index (χ1v) is 7.34. The molecule has 1 aromatic heterocycles. The van der Waals surface area contributed by atoms with Gasteiger partial charge in [-0.3, -0.25) is 4.79 Å². The van der Waals surface area contributed by atoms with Crippen molar-refractivity contribution in [2.45, 2.75) is 13.3 Å². The maximum absolute atomic E-state index is 11.8. The zero-order valence-electron chi connectivity index (χ0n) is 12.5. The average Bonchev–Trinajstić information content (AvgIpc) is 2.99. The van der Waals surface area contributed by atoms with Crippen LogP contribution in [0, 0.1) is 6.92 Å². The van der Waals surface area contributed by atoms with E-state index in [2.05, 4.69) is 5.32 Å². The second-order valence-corrected chi connectivity index (χ2v) is 5.31. The van der Waals surface area contributed by atoms with Crippen molar-refractivity contribution in [3.05, 3.63) is 52.4 Å². The van der Waals surface area contributed by atoms with Crippen molar-refractivity contribution in [3.63, 3.8) is 0 Å². The van der Waals surface area contributed by atoms with Gasteiger partial charge in [0, 0.05) is 17.6 Å². The molecule has 2 aromatic rings. The van der Waals surface area contributed by atoms with Gasteiger partial charge in [0.25, 0.3) is 5.91 Å². The molecule has 1 aromatic carbocycles. The molecule has 0 radical (unpaired) electrons. The van der Waals surface area contributed by atoms with E-state index < -0.39 is 11.9 Å². The number of carboxylic acids is 1. The minimum atomic E-state index is -1.14. The summed E-state index contributed by atoms with van der Waals surface area (Å²) in [4.78, 5) is 22.5. The number of aromatic carboxylic acids is 1. The fourth-order valence-electron chi connectivity index (χ4n) is 1.89. The van der Waals surface area contributed by atoms with Gasteiger partial charge in [0.15, 0.2) is 5.76 Å². The molecule has 122 valence electrons. The number of amides is 1. The van der Waals surface area contributed by atoms with Crippen LogP contribution in [0.15, 0.2) is 34.9 Å². The molecule has 0 saturated carbocycles. The normalized spacial score (nSPS) is 10.3. The lowest BCUT2D eigenvalue weighted by atomic mass is 10.2. The maximum Gasteiger partial charge on any atom is 0.338 e. The summed E-state index contributed by atoms with van der Waals surface area (Å²) in [5.41, 5.74) is 0.884. The molecule has 1 amide bonds. The number of rotatable bonds is 7. The molecular weight excluding hydrogens is 322 g/mol. The number of nitrogens with one attached hydrogen (secondary N) is 1. The quantitative estimate of drug-likeness (QED) is 0.758. The SMILES string of the molecule is Cc1cc(Cl)ccc1OCCCNC(=O)c1cc(C(=O)O)co1. The minimum absolute atomic E-state index is 0.0307. The van der Waals surface area contributed by atoms with Gasteiger partial charge < -0.3 is 19.6 Å². The van der Waals surface area contributed by atoms with E-state index in [1.807, 2.05) is 13.0 Å². The summed E-state index contributed by atoms with van der Waals surface area (Å²) in [5.74, 6) is -0.880. The lowest BCUT2D eigenvalue weighted by Gasteiger charge is -2.09. The Morgan fingerprint density at radius 3 is 2.78 bits per heavy atom. The standard InChI is InChI=1S/C16H16ClNO5/c1-10-7-12(17)3-4-13(10)22-6-2-5-18-15(19)14-8-11(9-23-14)16(20)21/h3-4,7-9H,2,5-6H2,1H3,(H,18,19)(H,20,21). The average molecular weight is 338 g/mol. The molecule has 23 heavy (non-hydrogen) atoms. The second-order valence-electron chi connectivity index (χ2n) is 4.87. The molecule has 0 aliphatic rings. The van der Waals surface area contributed by atoms with Gasteiger partial charge in [-0.05, 0) is 37.1 Å². The smallest absolute Gasteiger partial charge is 0.338 e. The highest BCUT2D eigenvalue weighted by Gasteiger charge is 2.13. The first-order chi connectivity index (χ1) is 11.0. The summed E-state index contributed by atoms with van der Waals surface area (Å²) in [6.07, 6.45) is 1.63. The molecule has 0 aliphatic carbocycles. The van der Waals surface area contributed by atoms with Crippen molar-refractivity contribution >= 4 is 23.5 Å². The molecule has 0 unspecified atom stereocenters. The van der Waals surface area contributed by atoms with Gasteiger partial charge in [0.05, 0.1) is 12.2 Å². The van der Waals surface area contributed by atoms with Gasteiger partial charge in [-0.15, -0.1) is 0 Å². The van der Waals surface area contributed by atoms with Gasteiger partial charge >= 0.3 is 5.97 Å². The number of carbonyl (C=O) groups is 2. The van der Waals surface area contributed by atoms with Crippen molar-refractivity contribution < 1.29 is 23.8 Å². The summed E-state index contributed by atoms with van der Waals surface area (Å²) < 4.78 is 10.5. The summed E-state index contributed by atoms with van der Waals surface area (Å²) >= 11 is 5.87. The van der Waals surface area contributed by atoms with E-state index in [4.69, 9.17) is 25.9 Å². The first-order valence-electron chi connectivity index (χ1n) is 6.96. The number of halogens is 1. The van der Waals surface area contributed by atoms with Crippen LogP contribution in [0.25, 0.3) is 0 Å². The Hall–Kier alpha value is -2.47. The van der Waals surface area contributed by atoms with E-state index in [1.165, 1.54) is 6.07 Å². The van der Waals surface area contributed by atoms with E-state index in [1.54, 1.807) is 12.1 Å². The summed E-state index contributed by atoms with van der Waals surface area (Å²) in [6.45, 7) is 2.72. The van der Waals surface area contributed by atoms with Gasteiger partial charge in [-0.1, -0.05) is 11.6 Å². The number of carbonyl (C=O) groups excluding carboxylic acids is 1. The van der Waals surface area contributed by atoms with Crippen LogP contribution in [0.4, 0.5) is 0 Å². The van der Waals surface area contributed by atoms with Crippen LogP contribution in [0.5, 0.6) is 5.75 Å². The van der Waals surface area contributed by atoms with Crippen LogP contribution in [-0.2, 0) is 0 Å². The number of ether oxygens (including phenoxy) is 1. The van der Waals surface area contributed by atoms with Crippen LogP contribution < -0.4 is 10.1 Å². The molecule has 7 heteroatoms. The molecule has 0 fully saturated rings. The van der Waals surface area contributed by atoms with Crippen LogP contribution in [0.1, 0.15) is 32.9 Å². The van der Waals surface area contributed by atoms with Crippen molar-refractivity contribution in [1.82, 2.24) is 5.32 Å². The van der Waals surface area contributed by atoms with Crippen molar-refractivity contribution in [1.29, 1.82) is 0 Å². The van der Waals surface area contributed by atoms with Crippen LogP contribution >= 0.6 is 11.6 Å². The largest absolute Gasteiger partial charge is 0.493 e. The minimum Gasteiger partial charge on any atom is -0.493 e. The van der Waals surface area contributed by atoms with E-state index in [0.29, 0.717) is 24.6 Å². The molecule has 0 aliphatic heterocycles. The number of carboxylic acid groups (broad SMARTS) is 1. The van der Waals surface area contributed by atoms with E-state index >= 15 is 0 Å². The van der Waals surface area contributed by atoms with Crippen LogP contribution in [0.3, 0.4) is 0 Å². The Bertz CT molecular complexity index is 710. The van der Waals surface area contributed by atoms with E-state index in [-0.39, 0.29) is 11.3 Å². The lowest BCUT2D eigenvalue weighted by molar-refractivity contribution is 0.0695. The molecule has 2 rings (SSSR count). The third-order valence-corrected chi connectivity index (χ3v) is 3.31. The van der Waals surface area contributed by atoms with Crippen LogP contribution in [-0.4, -0.2) is 30.1 Å². The first kappa shape index (κ1) is 16.9. The maximum atomic E-state index is 11.8. The molecular formula is C16H16ClNO5. The summed E-state index contributed by atoms with van der Waals surface area (Å²) in [7, 11) is 0. The fraction of sp³-hybridized carbons (Fsp3) is 0.250. The number of benzene rings is 1. The number of hydrogen-bond acceptors (Lipinski definition) is 4. The number of aryl methyl sites for hydroxylation is 1. The molecule has 6 nitrogen and oxygen atoms in total. The van der Waals surface area contributed by atoms with Crippen molar-refractivity contribution in [3.8, 4) is 5.75 Å². The second kappa shape index (κ2) is 7.69. The Morgan fingerprint density at radius 1 is 1.35 bits per heavy atom. The number of hydrogen-bond donors (Lipinski definition) is 2. The van der Waals surface area contributed by atoms with Gasteiger partial charge in [-0.2, -0.15) is 0 Å². The van der Waals surface area contributed by atoms with Crippen LogP contribution in [0.2, 0.25) is 5.02 Å². The van der Waals surface area contributed by atoms with Gasteiger partial charge in [-0.25, -0.2) is 4.79 Å². The Balaban J connectivity index is 1.72. The zero-order valence-corrected chi connectivity index (χ0v) is 13.2. The summed E-state index contributed by atoms with van der Waals surface area (Å²) in [5, 5.41) is 12.0. The molecule has 2 N–H and O–H groups in total. The molecule has 0 bridgehead atoms. The molecule has 0 spiro atoms. The molecule has 1 heterocycles. The Morgan fingerprint density at radius 2 is 2.13 bits per heavy atom. The highest BCUT2D eigenvalue weighted by Crippen LogP contribution is 2.21. The predicted octanol–water partition coefficient (Wildman–Crippen LogP) is 3.14. The topological polar surface area (TPSA) is 88.8 Å². The molecule has 0 saturated heterocycles. The Labute approximate surface area is 138 Å². The Kier molecular flexibility index (Phi) is 5.65. The van der Waals surface area contributed by atoms with Crippen molar-refractivity contribution in [2.24, 2.45) is 0 Å².